The van der Waals surface area contributed by atoms with E-state index in [1.807, 2.05) is 0 Å². The molecule has 0 bridgehead atoms. The van der Waals surface area contributed by atoms with Crippen molar-refractivity contribution in [3.63, 3.8) is 0 Å². The van der Waals surface area contributed by atoms with Gasteiger partial charge >= 0.3 is 11.8 Å². The number of carbonyl (C=O) groups is 1. The number of aryl methyl sites for hydroxylation is 1. The number of ketones is 1. The van der Waals surface area contributed by atoms with E-state index < -0.39 is 34.5 Å². The van der Waals surface area contributed by atoms with Crippen LogP contribution in [0.4, 0.5) is 13.2 Å². The van der Waals surface area contributed by atoms with Crippen LogP contribution in [0.3, 0.4) is 0 Å². The standard InChI is InChI=1S/C20H12ClF3O5/c1-10-8-16(26)18(19(27)28-10)15(25)6-3-12-4-7-17(29-12)13-9-11(20(22,23)24)2-5-14(13)21/h2-9,26H,1H3/b6-3+. The summed E-state index contributed by atoms with van der Waals surface area (Å²) in [6, 6.07) is 6.75. The summed E-state index contributed by atoms with van der Waals surface area (Å²) in [5.41, 5.74) is -2.39. The van der Waals surface area contributed by atoms with E-state index in [2.05, 4.69) is 0 Å². The molecular weight excluding hydrogens is 413 g/mol. The van der Waals surface area contributed by atoms with Gasteiger partial charge in [0.1, 0.15) is 28.6 Å². The Labute approximate surface area is 166 Å². The van der Waals surface area contributed by atoms with Crippen LogP contribution in [0.1, 0.15) is 27.4 Å². The smallest absolute Gasteiger partial charge is 0.416 e. The van der Waals surface area contributed by atoms with Crippen LogP contribution in [-0.2, 0) is 6.18 Å². The summed E-state index contributed by atoms with van der Waals surface area (Å²) in [4.78, 5) is 23.9. The van der Waals surface area contributed by atoms with Crippen LogP contribution in [0.15, 0.2) is 56.1 Å². The Hall–Kier alpha value is -3.26. The summed E-state index contributed by atoms with van der Waals surface area (Å²) < 4.78 is 48.9. The molecule has 0 radical (unpaired) electrons. The SMILES string of the molecule is Cc1cc(O)c(C(=O)/C=C/c2ccc(-c3cc(C(F)(F)F)ccc3Cl)o2)c(=O)o1. The van der Waals surface area contributed by atoms with Crippen LogP contribution in [-0.4, -0.2) is 10.9 Å². The molecule has 0 aliphatic heterocycles. The average Bonchev–Trinajstić information content (AvgIpc) is 3.07. The number of furan rings is 1. The van der Waals surface area contributed by atoms with E-state index in [1.54, 1.807) is 0 Å². The van der Waals surface area contributed by atoms with Crippen LogP contribution in [0, 0.1) is 6.92 Å². The highest BCUT2D eigenvalue weighted by Crippen LogP contribution is 2.36. The lowest BCUT2D eigenvalue weighted by molar-refractivity contribution is -0.137. The number of allylic oxidation sites excluding steroid dienone is 1. The zero-order valence-electron chi connectivity index (χ0n) is 14.7. The Morgan fingerprint density at radius 3 is 2.52 bits per heavy atom. The van der Waals surface area contributed by atoms with Gasteiger partial charge < -0.3 is 13.9 Å². The van der Waals surface area contributed by atoms with E-state index in [1.165, 1.54) is 25.1 Å². The molecule has 0 amide bonds. The van der Waals surface area contributed by atoms with Gasteiger partial charge in [-0.1, -0.05) is 11.6 Å². The molecule has 0 unspecified atom stereocenters. The molecule has 0 aliphatic rings. The summed E-state index contributed by atoms with van der Waals surface area (Å²) >= 11 is 5.97. The molecule has 2 heterocycles. The highest BCUT2D eigenvalue weighted by atomic mass is 35.5. The van der Waals surface area contributed by atoms with Gasteiger partial charge in [-0.2, -0.15) is 13.2 Å². The van der Waals surface area contributed by atoms with Crippen LogP contribution >= 0.6 is 11.6 Å². The lowest BCUT2D eigenvalue weighted by Gasteiger charge is -2.09. The molecule has 0 saturated carbocycles. The van der Waals surface area contributed by atoms with Crippen LogP contribution in [0.25, 0.3) is 17.4 Å². The average molecular weight is 425 g/mol. The van der Waals surface area contributed by atoms with Gasteiger partial charge in [-0.25, -0.2) is 4.79 Å². The van der Waals surface area contributed by atoms with E-state index in [9.17, 15) is 27.9 Å². The third-order valence-electron chi connectivity index (χ3n) is 3.89. The van der Waals surface area contributed by atoms with E-state index in [-0.39, 0.29) is 27.9 Å². The fourth-order valence-corrected chi connectivity index (χ4v) is 2.75. The van der Waals surface area contributed by atoms with Gasteiger partial charge in [-0.3, -0.25) is 4.79 Å². The Morgan fingerprint density at radius 1 is 1.14 bits per heavy atom. The fraction of sp³-hybridized carbons (Fsp3) is 0.100. The highest BCUT2D eigenvalue weighted by Gasteiger charge is 2.31. The monoisotopic (exact) mass is 424 g/mol. The number of hydrogen-bond acceptors (Lipinski definition) is 5. The molecule has 150 valence electrons. The highest BCUT2D eigenvalue weighted by molar-refractivity contribution is 6.33. The lowest BCUT2D eigenvalue weighted by atomic mass is 10.1. The first-order valence-corrected chi connectivity index (χ1v) is 8.47. The topological polar surface area (TPSA) is 80.6 Å². The second-order valence-corrected chi connectivity index (χ2v) is 6.40. The maximum absolute atomic E-state index is 12.9. The largest absolute Gasteiger partial charge is 0.507 e. The van der Waals surface area contributed by atoms with Crippen molar-refractivity contribution in [1.82, 2.24) is 0 Å². The summed E-state index contributed by atoms with van der Waals surface area (Å²) in [6.45, 7) is 1.44. The molecule has 0 atom stereocenters. The van der Waals surface area contributed by atoms with Crippen LogP contribution in [0.2, 0.25) is 5.02 Å². The molecular formula is C20H12ClF3O5. The van der Waals surface area contributed by atoms with E-state index in [4.69, 9.17) is 20.4 Å². The number of hydrogen-bond donors (Lipinski definition) is 1. The number of aromatic hydroxyl groups is 1. The van der Waals surface area contributed by atoms with Crippen molar-refractivity contribution >= 4 is 23.5 Å². The van der Waals surface area contributed by atoms with Gasteiger partial charge in [0.25, 0.3) is 0 Å². The Morgan fingerprint density at radius 2 is 1.86 bits per heavy atom. The summed E-state index contributed by atoms with van der Waals surface area (Å²) in [5.74, 6) is -1.03. The van der Waals surface area contributed by atoms with Gasteiger partial charge in [0.15, 0.2) is 5.78 Å². The Bertz CT molecular complexity index is 1170. The minimum absolute atomic E-state index is 0.0318. The molecule has 5 nitrogen and oxygen atoms in total. The minimum atomic E-state index is -4.54. The predicted molar refractivity (Wildman–Crippen MR) is 98.9 cm³/mol. The van der Waals surface area contributed by atoms with Gasteiger partial charge in [0.05, 0.1) is 10.6 Å². The zero-order chi connectivity index (χ0) is 21.3. The zero-order valence-corrected chi connectivity index (χ0v) is 15.5. The molecule has 29 heavy (non-hydrogen) atoms. The van der Waals surface area contributed by atoms with Crippen molar-refractivity contribution in [3.8, 4) is 17.1 Å². The molecule has 1 N–H and O–H groups in total. The molecule has 3 rings (SSSR count). The normalized spacial score (nSPS) is 11.9. The van der Waals surface area contributed by atoms with Crippen LogP contribution in [0.5, 0.6) is 5.75 Å². The van der Waals surface area contributed by atoms with Gasteiger partial charge in [-0.15, -0.1) is 0 Å². The first kappa shape index (κ1) is 20.5. The van der Waals surface area contributed by atoms with Crippen molar-refractivity contribution in [2.75, 3.05) is 0 Å². The van der Waals surface area contributed by atoms with Crippen molar-refractivity contribution in [1.29, 1.82) is 0 Å². The number of halogens is 4. The Balaban J connectivity index is 1.88. The fourth-order valence-electron chi connectivity index (χ4n) is 2.54. The summed E-state index contributed by atoms with van der Waals surface area (Å²) in [7, 11) is 0. The second kappa shape index (κ2) is 7.63. The summed E-state index contributed by atoms with van der Waals surface area (Å²) in [5, 5.41) is 9.83. The van der Waals surface area contributed by atoms with Crippen LogP contribution < -0.4 is 5.63 Å². The van der Waals surface area contributed by atoms with Gasteiger partial charge in [-0.05, 0) is 49.4 Å². The van der Waals surface area contributed by atoms with Gasteiger partial charge in [0, 0.05) is 11.6 Å². The van der Waals surface area contributed by atoms with Crippen molar-refractivity contribution < 1.29 is 31.9 Å². The van der Waals surface area contributed by atoms with E-state index >= 15 is 0 Å². The first-order chi connectivity index (χ1) is 13.6. The lowest BCUT2D eigenvalue weighted by Crippen LogP contribution is -2.12. The predicted octanol–water partition coefficient (Wildman–Crippen LogP) is 5.48. The molecule has 2 aromatic heterocycles. The molecule has 0 aliphatic carbocycles. The van der Waals surface area contributed by atoms with Gasteiger partial charge in [0.2, 0.25) is 0 Å². The Kier molecular flexibility index (Phi) is 5.39. The second-order valence-electron chi connectivity index (χ2n) is 6.00. The molecule has 0 saturated heterocycles. The number of carbonyl (C=O) groups excluding carboxylic acids is 1. The third-order valence-corrected chi connectivity index (χ3v) is 4.21. The third kappa shape index (κ3) is 4.43. The molecule has 0 fully saturated rings. The quantitative estimate of drug-likeness (QED) is 0.443. The minimum Gasteiger partial charge on any atom is -0.507 e. The molecule has 9 heteroatoms. The number of benzene rings is 1. The molecule has 1 aromatic carbocycles. The molecule has 3 aromatic rings. The van der Waals surface area contributed by atoms with E-state index in [0.29, 0.717) is 0 Å². The van der Waals surface area contributed by atoms with Crippen molar-refractivity contribution in [3.05, 3.63) is 80.6 Å². The van der Waals surface area contributed by atoms with Crippen molar-refractivity contribution in [2.45, 2.75) is 13.1 Å². The summed E-state index contributed by atoms with van der Waals surface area (Å²) in [6.07, 6.45) is -2.37. The number of rotatable bonds is 4. The first-order valence-electron chi connectivity index (χ1n) is 8.09. The maximum atomic E-state index is 12.9. The van der Waals surface area contributed by atoms with E-state index in [0.717, 1.165) is 30.3 Å². The van der Waals surface area contributed by atoms with Crippen molar-refractivity contribution in [2.24, 2.45) is 0 Å². The number of alkyl halides is 3. The molecule has 0 spiro atoms. The maximum Gasteiger partial charge on any atom is 0.416 e.